The molecule has 1 aliphatic rings. The molecular weight excluding hydrogens is 236 g/mol. The quantitative estimate of drug-likeness (QED) is 0.798. The van der Waals surface area contributed by atoms with Gasteiger partial charge in [-0.2, -0.15) is 0 Å². The summed E-state index contributed by atoms with van der Waals surface area (Å²) in [6.07, 6.45) is 8.26. The third-order valence-corrected chi connectivity index (χ3v) is 3.69. The lowest BCUT2D eigenvalue weighted by Crippen LogP contribution is -2.15. The van der Waals surface area contributed by atoms with Gasteiger partial charge < -0.3 is 10.1 Å². The van der Waals surface area contributed by atoms with Gasteiger partial charge in [0.1, 0.15) is 0 Å². The average molecular weight is 262 g/mol. The molecule has 106 valence electrons. The van der Waals surface area contributed by atoms with Crippen molar-refractivity contribution in [1.82, 2.24) is 10.3 Å². The Balaban J connectivity index is 1.81. The lowest BCUT2D eigenvalue weighted by molar-refractivity contribution is 0.0291. The SMILES string of the molecule is CCNCc1cccc(COC2CCCCCC2)n1. The maximum Gasteiger partial charge on any atom is 0.0891 e. The highest BCUT2D eigenvalue weighted by Crippen LogP contribution is 2.20. The number of hydrogen-bond donors (Lipinski definition) is 1. The summed E-state index contributed by atoms with van der Waals surface area (Å²) in [5, 5.41) is 3.30. The summed E-state index contributed by atoms with van der Waals surface area (Å²) in [6, 6.07) is 6.20. The van der Waals surface area contributed by atoms with Crippen LogP contribution in [-0.4, -0.2) is 17.6 Å². The maximum atomic E-state index is 6.03. The van der Waals surface area contributed by atoms with Crippen LogP contribution in [0.1, 0.15) is 56.8 Å². The van der Waals surface area contributed by atoms with E-state index in [0.29, 0.717) is 12.7 Å². The zero-order chi connectivity index (χ0) is 13.3. The molecule has 0 saturated heterocycles. The second kappa shape index (κ2) is 8.28. The molecule has 0 amide bonds. The molecule has 0 aromatic carbocycles. The van der Waals surface area contributed by atoms with Crippen LogP contribution in [0.15, 0.2) is 18.2 Å². The predicted octanol–water partition coefficient (Wildman–Crippen LogP) is 3.43. The van der Waals surface area contributed by atoms with Gasteiger partial charge in [-0.05, 0) is 31.5 Å². The largest absolute Gasteiger partial charge is 0.372 e. The van der Waals surface area contributed by atoms with Crippen molar-refractivity contribution < 1.29 is 4.74 Å². The second-order valence-electron chi connectivity index (χ2n) is 5.33. The van der Waals surface area contributed by atoms with E-state index in [1.807, 2.05) is 0 Å². The molecule has 0 radical (unpaired) electrons. The first-order chi connectivity index (χ1) is 9.38. The molecule has 1 fully saturated rings. The Morgan fingerprint density at radius 3 is 2.63 bits per heavy atom. The van der Waals surface area contributed by atoms with E-state index in [0.717, 1.165) is 24.5 Å². The van der Waals surface area contributed by atoms with E-state index in [4.69, 9.17) is 4.74 Å². The van der Waals surface area contributed by atoms with Gasteiger partial charge in [-0.15, -0.1) is 0 Å². The van der Waals surface area contributed by atoms with Crippen LogP contribution in [0.4, 0.5) is 0 Å². The average Bonchev–Trinajstić information content (AvgIpc) is 2.72. The molecule has 1 aliphatic carbocycles. The summed E-state index contributed by atoms with van der Waals surface area (Å²) < 4.78 is 6.03. The van der Waals surface area contributed by atoms with Crippen molar-refractivity contribution in [3.05, 3.63) is 29.6 Å². The fraction of sp³-hybridized carbons (Fsp3) is 0.688. The van der Waals surface area contributed by atoms with E-state index >= 15 is 0 Å². The molecule has 1 heterocycles. The van der Waals surface area contributed by atoms with E-state index in [9.17, 15) is 0 Å². The second-order valence-corrected chi connectivity index (χ2v) is 5.33. The van der Waals surface area contributed by atoms with Crippen LogP contribution in [0.5, 0.6) is 0 Å². The maximum absolute atomic E-state index is 6.03. The molecule has 1 saturated carbocycles. The molecule has 0 atom stereocenters. The van der Waals surface area contributed by atoms with Crippen molar-refractivity contribution in [3.8, 4) is 0 Å². The van der Waals surface area contributed by atoms with Gasteiger partial charge in [0, 0.05) is 6.54 Å². The topological polar surface area (TPSA) is 34.1 Å². The molecule has 1 N–H and O–H groups in total. The first-order valence-corrected chi connectivity index (χ1v) is 7.65. The molecule has 19 heavy (non-hydrogen) atoms. The monoisotopic (exact) mass is 262 g/mol. The van der Waals surface area contributed by atoms with Crippen molar-refractivity contribution in [2.45, 2.75) is 64.7 Å². The highest BCUT2D eigenvalue weighted by molar-refractivity contribution is 5.10. The predicted molar refractivity (Wildman–Crippen MR) is 77.9 cm³/mol. The summed E-state index contributed by atoms with van der Waals surface area (Å²) >= 11 is 0. The Bertz CT molecular complexity index is 360. The summed E-state index contributed by atoms with van der Waals surface area (Å²) in [6.45, 7) is 4.59. The number of ether oxygens (including phenoxy) is 1. The molecule has 0 aliphatic heterocycles. The van der Waals surface area contributed by atoms with Crippen LogP contribution in [0, 0.1) is 0 Å². The molecular formula is C16H26N2O. The third kappa shape index (κ3) is 5.29. The highest BCUT2D eigenvalue weighted by Gasteiger charge is 2.12. The smallest absolute Gasteiger partial charge is 0.0891 e. The van der Waals surface area contributed by atoms with E-state index in [2.05, 4.69) is 35.4 Å². The summed E-state index contributed by atoms with van der Waals surface area (Å²) in [5.41, 5.74) is 2.16. The molecule has 1 aromatic rings. The first-order valence-electron chi connectivity index (χ1n) is 7.65. The Morgan fingerprint density at radius 2 is 1.89 bits per heavy atom. The van der Waals surface area contributed by atoms with Crippen LogP contribution < -0.4 is 5.32 Å². The van der Waals surface area contributed by atoms with Gasteiger partial charge in [0.2, 0.25) is 0 Å². The summed E-state index contributed by atoms with van der Waals surface area (Å²) in [5.74, 6) is 0. The van der Waals surface area contributed by atoms with Crippen molar-refractivity contribution >= 4 is 0 Å². The minimum Gasteiger partial charge on any atom is -0.372 e. The number of nitrogens with zero attached hydrogens (tertiary/aromatic N) is 1. The van der Waals surface area contributed by atoms with Gasteiger partial charge in [-0.3, -0.25) is 4.98 Å². The van der Waals surface area contributed by atoms with Gasteiger partial charge >= 0.3 is 0 Å². The number of rotatable bonds is 6. The van der Waals surface area contributed by atoms with Gasteiger partial charge in [0.15, 0.2) is 0 Å². The molecule has 0 unspecified atom stereocenters. The molecule has 0 spiro atoms. The van der Waals surface area contributed by atoms with E-state index < -0.39 is 0 Å². The van der Waals surface area contributed by atoms with E-state index in [1.54, 1.807) is 0 Å². The lowest BCUT2D eigenvalue weighted by atomic mass is 10.1. The number of pyridine rings is 1. The van der Waals surface area contributed by atoms with E-state index in [-0.39, 0.29) is 0 Å². The van der Waals surface area contributed by atoms with Gasteiger partial charge in [-0.1, -0.05) is 38.7 Å². The van der Waals surface area contributed by atoms with Gasteiger partial charge in [0.25, 0.3) is 0 Å². The van der Waals surface area contributed by atoms with Crippen molar-refractivity contribution in [2.75, 3.05) is 6.54 Å². The van der Waals surface area contributed by atoms with Gasteiger partial charge in [0.05, 0.1) is 24.1 Å². The van der Waals surface area contributed by atoms with Crippen LogP contribution >= 0.6 is 0 Å². The van der Waals surface area contributed by atoms with E-state index in [1.165, 1.54) is 38.5 Å². The minimum absolute atomic E-state index is 0.446. The van der Waals surface area contributed by atoms with Crippen molar-refractivity contribution in [3.63, 3.8) is 0 Å². The Kier molecular flexibility index (Phi) is 6.31. The number of hydrogen-bond acceptors (Lipinski definition) is 3. The van der Waals surface area contributed by atoms with Crippen LogP contribution in [0.3, 0.4) is 0 Å². The van der Waals surface area contributed by atoms with Gasteiger partial charge in [-0.25, -0.2) is 0 Å². The zero-order valence-corrected chi connectivity index (χ0v) is 12.0. The number of nitrogens with one attached hydrogen (secondary N) is 1. The summed E-state index contributed by atoms with van der Waals surface area (Å²) in [7, 11) is 0. The zero-order valence-electron chi connectivity index (χ0n) is 12.0. The third-order valence-electron chi connectivity index (χ3n) is 3.69. The minimum atomic E-state index is 0.446. The molecule has 3 nitrogen and oxygen atoms in total. The van der Waals surface area contributed by atoms with Crippen molar-refractivity contribution in [2.24, 2.45) is 0 Å². The molecule has 2 rings (SSSR count). The van der Waals surface area contributed by atoms with Crippen LogP contribution in [0.2, 0.25) is 0 Å². The molecule has 3 heteroatoms. The standard InChI is InChI=1S/C16H26N2O/c1-2-17-12-14-8-7-9-15(18-14)13-19-16-10-5-3-4-6-11-16/h7-9,16-17H,2-6,10-13H2,1H3. The fourth-order valence-electron chi connectivity index (χ4n) is 2.57. The van der Waals surface area contributed by atoms with Crippen LogP contribution in [-0.2, 0) is 17.9 Å². The summed E-state index contributed by atoms with van der Waals surface area (Å²) in [4.78, 5) is 4.63. The lowest BCUT2D eigenvalue weighted by Gasteiger charge is -2.15. The Hall–Kier alpha value is -0.930. The Labute approximate surface area is 116 Å². The normalized spacial score (nSPS) is 17.3. The number of aromatic nitrogens is 1. The Morgan fingerprint density at radius 1 is 1.16 bits per heavy atom. The molecule has 1 aromatic heterocycles. The highest BCUT2D eigenvalue weighted by atomic mass is 16.5. The molecule has 0 bridgehead atoms. The first kappa shape index (κ1) is 14.5. The fourth-order valence-corrected chi connectivity index (χ4v) is 2.57. The van der Waals surface area contributed by atoms with Crippen LogP contribution in [0.25, 0.3) is 0 Å². The van der Waals surface area contributed by atoms with Crippen molar-refractivity contribution in [1.29, 1.82) is 0 Å².